The number of aromatic nitrogens is 2. The first-order valence-electron chi connectivity index (χ1n) is 7.58. The summed E-state index contributed by atoms with van der Waals surface area (Å²) in [5, 5.41) is 0. The fourth-order valence-corrected chi connectivity index (χ4v) is 2.95. The summed E-state index contributed by atoms with van der Waals surface area (Å²) in [7, 11) is 0. The Kier molecular flexibility index (Phi) is 4.94. The van der Waals surface area contributed by atoms with Crippen molar-refractivity contribution >= 4 is 5.82 Å². The summed E-state index contributed by atoms with van der Waals surface area (Å²) >= 11 is 0. The van der Waals surface area contributed by atoms with E-state index >= 15 is 0 Å². The summed E-state index contributed by atoms with van der Waals surface area (Å²) in [5.74, 6) is 7.58. The Hall–Kier alpha value is -1.20. The highest BCUT2D eigenvalue weighted by Crippen LogP contribution is 2.40. The first kappa shape index (κ1) is 15.2. The highest BCUT2D eigenvalue weighted by molar-refractivity contribution is 5.35. The molecular formula is C15H26N4O. The summed E-state index contributed by atoms with van der Waals surface area (Å²) in [4.78, 5) is 9.32. The Labute approximate surface area is 121 Å². The van der Waals surface area contributed by atoms with Crippen molar-refractivity contribution < 1.29 is 4.74 Å². The lowest BCUT2D eigenvalue weighted by molar-refractivity contribution is -0.0457. The van der Waals surface area contributed by atoms with Crippen LogP contribution < -0.4 is 11.3 Å². The molecule has 0 spiro atoms. The number of nitrogen functional groups attached to an aromatic ring is 1. The van der Waals surface area contributed by atoms with Gasteiger partial charge in [0.1, 0.15) is 11.4 Å². The van der Waals surface area contributed by atoms with Crippen LogP contribution in [0.5, 0.6) is 0 Å². The van der Waals surface area contributed by atoms with Gasteiger partial charge in [0.15, 0.2) is 5.82 Å². The third kappa shape index (κ3) is 3.27. The molecule has 5 heteroatoms. The van der Waals surface area contributed by atoms with Crippen molar-refractivity contribution in [3.05, 3.63) is 17.6 Å². The van der Waals surface area contributed by atoms with Gasteiger partial charge in [0.05, 0.1) is 0 Å². The summed E-state index contributed by atoms with van der Waals surface area (Å²) in [6.45, 7) is 7.08. The Morgan fingerprint density at radius 3 is 2.60 bits per heavy atom. The lowest BCUT2D eigenvalue weighted by Gasteiger charge is -2.28. The smallest absolute Gasteiger partial charge is 0.162 e. The average molecular weight is 278 g/mol. The molecule has 2 rings (SSSR count). The molecule has 0 amide bonds. The van der Waals surface area contributed by atoms with Gasteiger partial charge in [0, 0.05) is 18.4 Å². The monoisotopic (exact) mass is 278 g/mol. The van der Waals surface area contributed by atoms with Gasteiger partial charge in [-0.2, -0.15) is 0 Å². The Balaban J connectivity index is 2.37. The molecule has 1 saturated carbocycles. The highest BCUT2D eigenvalue weighted by atomic mass is 16.5. The van der Waals surface area contributed by atoms with E-state index in [1.165, 1.54) is 12.8 Å². The molecule has 1 aromatic heterocycles. The van der Waals surface area contributed by atoms with Crippen molar-refractivity contribution in [1.82, 2.24) is 9.97 Å². The quantitative estimate of drug-likeness (QED) is 0.618. The van der Waals surface area contributed by atoms with E-state index in [-0.39, 0.29) is 5.60 Å². The SMILES string of the molecule is CCOC1(c2nc(CC(C)C)cc(NN)n2)CCCC1. The predicted octanol–water partition coefficient (Wildman–Crippen LogP) is 2.77. The second-order valence-electron chi connectivity index (χ2n) is 5.94. The largest absolute Gasteiger partial charge is 0.367 e. The van der Waals surface area contributed by atoms with E-state index in [1.54, 1.807) is 0 Å². The van der Waals surface area contributed by atoms with Crippen molar-refractivity contribution in [1.29, 1.82) is 0 Å². The zero-order valence-corrected chi connectivity index (χ0v) is 12.8. The van der Waals surface area contributed by atoms with Crippen molar-refractivity contribution in [3.63, 3.8) is 0 Å². The number of rotatable bonds is 6. The minimum atomic E-state index is -0.312. The molecular weight excluding hydrogens is 252 g/mol. The maximum Gasteiger partial charge on any atom is 0.162 e. The number of nitrogens with one attached hydrogen (secondary N) is 1. The van der Waals surface area contributed by atoms with Gasteiger partial charge in [-0.25, -0.2) is 15.8 Å². The number of hydrazine groups is 1. The Bertz CT molecular complexity index is 441. The summed E-state index contributed by atoms with van der Waals surface area (Å²) in [6, 6.07) is 1.93. The van der Waals surface area contributed by atoms with Crippen LogP contribution in [0.4, 0.5) is 5.82 Å². The van der Waals surface area contributed by atoms with Crippen LogP contribution in [0.3, 0.4) is 0 Å². The Morgan fingerprint density at radius 2 is 2.05 bits per heavy atom. The van der Waals surface area contributed by atoms with E-state index in [2.05, 4.69) is 24.3 Å². The van der Waals surface area contributed by atoms with E-state index in [0.717, 1.165) is 30.8 Å². The first-order valence-corrected chi connectivity index (χ1v) is 7.58. The van der Waals surface area contributed by atoms with Gasteiger partial charge in [-0.15, -0.1) is 0 Å². The molecule has 0 atom stereocenters. The van der Waals surface area contributed by atoms with Crippen molar-refractivity contribution in [2.24, 2.45) is 11.8 Å². The summed E-state index contributed by atoms with van der Waals surface area (Å²) < 4.78 is 6.04. The fourth-order valence-electron chi connectivity index (χ4n) is 2.95. The van der Waals surface area contributed by atoms with Gasteiger partial charge < -0.3 is 10.2 Å². The average Bonchev–Trinajstić information content (AvgIpc) is 2.88. The lowest BCUT2D eigenvalue weighted by Crippen LogP contribution is -2.30. The Morgan fingerprint density at radius 1 is 1.35 bits per heavy atom. The minimum absolute atomic E-state index is 0.312. The topological polar surface area (TPSA) is 73.1 Å². The molecule has 0 radical (unpaired) electrons. The van der Waals surface area contributed by atoms with E-state index in [0.29, 0.717) is 18.3 Å². The molecule has 112 valence electrons. The number of hydrogen-bond acceptors (Lipinski definition) is 5. The van der Waals surface area contributed by atoms with Crippen LogP contribution in [0.25, 0.3) is 0 Å². The second-order valence-corrected chi connectivity index (χ2v) is 5.94. The standard InChI is InChI=1S/C15H26N4O/c1-4-20-15(7-5-6-8-15)14-17-12(9-11(2)3)10-13(18-14)19-16/h10-11H,4-9,16H2,1-3H3,(H,17,18,19). The van der Waals surface area contributed by atoms with Crippen LogP contribution in [0.15, 0.2) is 6.07 Å². The number of nitrogens with zero attached hydrogens (tertiary/aromatic N) is 2. The normalized spacial score (nSPS) is 17.6. The van der Waals surface area contributed by atoms with Crippen LogP contribution in [-0.2, 0) is 16.8 Å². The second kappa shape index (κ2) is 6.50. The van der Waals surface area contributed by atoms with Crippen LogP contribution in [0.1, 0.15) is 58.0 Å². The molecule has 1 fully saturated rings. The van der Waals surface area contributed by atoms with Gasteiger partial charge in [0.2, 0.25) is 0 Å². The molecule has 0 unspecified atom stereocenters. The van der Waals surface area contributed by atoms with Gasteiger partial charge in [-0.05, 0) is 44.9 Å². The summed E-state index contributed by atoms with van der Waals surface area (Å²) in [6.07, 6.45) is 5.25. The molecule has 3 N–H and O–H groups in total. The third-order valence-electron chi connectivity index (χ3n) is 3.78. The molecule has 20 heavy (non-hydrogen) atoms. The van der Waals surface area contributed by atoms with Gasteiger partial charge in [-0.1, -0.05) is 13.8 Å². The van der Waals surface area contributed by atoms with Crippen molar-refractivity contribution in [3.8, 4) is 0 Å². The van der Waals surface area contributed by atoms with E-state index in [1.807, 2.05) is 13.0 Å². The number of anilines is 1. The summed E-state index contributed by atoms with van der Waals surface area (Å²) in [5.41, 5.74) is 3.38. The van der Waals surface area contributed by atoms with Crippen molar-refractivity contribution in [2.45, 2.75) is 58.5 Å². The van der Waals surface area contributed by atoms with Crippen LogP contribution in [0, 0.1) is 5.92 Å². The molecule has 5 nitrogen and oxygen atoms in total. The molecule has 0 aliphatic heterocycles. The lowest BCUT2D eigenvalue weighted by atomic mass is 10.00. The van der Waals surface area contributed by atoms with E-state index in [9.17, 15) is 0 Å². The van der Waals surface area contributed by atoms with E-state index in [4.69, 9.17) is 15.6 Å². The molecule has 0 bridgehead atoms. The highest BCUT2D eigenvalue weighted by Gasteiger charge is 2.39. The maximum atomic E-state index is 6.04. The molecule has 0 saturated heterocycles. The number of nitrogens with two attached hydrogens (primary N) is 1. The molecule has 1 aliphatic carbocycles. The predicted molar refractivity (Wildman–Crippen MR) is 80.2 cm³/mol. The maximum absolute atomic E-state index is 6.04. The zero-order chi connectivity index (χ0) is 14.6. The van der Waals surface area contributed by atoms with Gasteiger partial charge >= 0.3 is 0 Å². The van der Waals surface area contributed by atoms with Gasteiger partial charge in [-0.3, -0.25) is 0 Å². The number of ether oxygens (including phenoxy) is 1. The van der Waals surface area contributed by atoms with E-state index < -0.39 is 0 Å². The number of hydrogen-bond donors (Lipinski definition) is 2. The first-order chi connectivity index (χ1) is 9.59. The zero-order valence-electron chi connectivity index (χ0n) is 12.8. The molecule has 0 aromatic carbocycles. The van der Waals surface area contributed by atoms with Crippen LogP contribution in [0.2, 0.25) is 0 Å². The molecule has 1 aromatic rings. The fraction of sp³-hybridized carbons (Fsp3) is 0.733. The van der Waals surface area contributed by atoms with Crippen LogP contribution in [-0.4, -0.2) is 16.6 Å². The minimum Gasteiger partial charge on any atom is -0.367 e. The van der Waals surface area contributed by atoms with Crippen molar-refractivity contribution in [2.75, 3.05) is 12.0 Å². The molecule has 1 heterocycles. The van der Waals surface area contributed by atoms with Gasteiger partial charge in [0.25, 0.3) is 0 Å². The van der Waals surface area contributed by atoms with Crippen LogP contribution >= 0.6 is 0 Å². The third-order valence-corrected chi connectivity index (χ3v) is 3.78. The molecule has 1 aliphatic rings.